The van der Waals surface area contributed by atoms with Crippen LogP contribution in [0.5, 0.6) is 0 Å². The number of rotatable bonds is 5. The third-order valence-corrected chi connectivity index (χ3v) is 3.15. The lowest BCUT2D eigenvalue weighted by Crippen LogP contribution is -2.37. The van der Waals surface area contributed by atoms with Crippen molar-refractivity contribution in [2.24, 2.45) is 0 Å². The second kappa shape index (κ2) is 5.65. The van der Waals surface area contributed by atoms with E-state index in [1.54, 1.807) is 12.1 Å². The maximum Gasteiger partial charge on any atom is 0.331 e. The van der Waals surface area contributed by atoms with Crippen LogP contribution < -0.4 is 0 Å². The molecule has 0 saturated heterocycles. The number of carboxylic acid groups (broad SMARTS) is 1. The summed E-state index contributed by atoms with van der Waals surface area (Å²) in [5.41, 5.74) is 0. The predicted octanol–water partition coefficient (Wildman–Crippen LogP) is 2.13. The van der Waals surface area contributed by atoms with Gasteiger partial charge in [0.1, 0.15) is 0 Å². The van der Waals surface area contributed by atoms with Crippen LogP contribution in [0, 0.1) is 0 Å². The molecule has 0 saturated carbocycles. The fraction of sp³-hybridized carbons (Fsp3) is 0.455. The summed E-state index contributed by atoms with van der Waals surface area (Å²) in [6.07, 6.45) is 0.745. The van der Waals surface area contributed by atoms with Gasteiger partial charge in [0.25, 0.3) is 0 Å². The van der Waals surface area contributed by atoms with Crippen molar-refractivity contribution < 1.29 is 14.7 Å². The minimum atomic E-state index is -0.980. The van der Waals surface area contributed by atoms with Crippen molar-refractivity contribution in [3.8, 4) is 0 Å². The van der Waals surface area contributed by atoms with Crippen molar-refractivity contribution in [1.82, 2.24) is 4.90 Å². The normalized spacial score (nSPS) is 12.1. The lowest BCUT2D eigenvalue weighted by molar-refractivity contribution is -0.149. The Labute approximate surface area is 98.5 Å². The van der Waals surface area contributed by atoms with E-state index in [2.05, 4.69) is 0 Å². The smallest absolute Gasteiger partial charge is 0.331 e. The van der Waals surface area contributed by atoms with Gasteiger partial charge in [-0.1, -0.05) is 13.0 Å². The number of thiophene rings is 1. The highest BCUT2D eigenvalue weighted by Crippen LogP contribution is 2.25. The molecule has 0 aliphatic heterocycles. The molecule has 16 heavy (non-hydrogen) atoms. The summed E-state index contributed by atoms with van der Waals surface area (Å²) in [6.45, 7) is 3.78. The molecule has 1 aromatic rings. The first-order valence-corrected chi connectivity index (χ1v) is 5.99. The average Bonchev–Trinajstić information content (AvgIpc) is 2.69. The van der Waals surface area contributed by atoms with Crippen molar-refractivity contribution in [3.63, 3.8) is 0 Å². The first-order valence-electron chi connectivity index (χ1n) is 5.11. The maximum absolute atomic E-state index is 11.4. The standard InChI is InChI=1S/C11H15NO3S/c1-3-6-12(8(2)13)10(11(14)15)9-5-4-7-16-9/h4-5,7,10H,3,6H2,1-2H3,(H,14,15). The van der Waals surface area contributed by atoms with E-state index in [1.165, 1.54) is 23.2 Å². The van der Waals surface area contributed by atoms with Crippen LogP contribution >= 0.6 is 11.3 Å². The summed E-state index contributed by atoms with van der Waals surface area (Å²) in [6, 6.07) is 2.69. The Morgan fingerprint density at radius 1 is 1.56 bits per heavy atom. The first-order chi connectivity index (χ1) is 7.57. The van der Waals surface area contributed by atoms with Gasteiger partial charge < -0.3 is 10.0 Å². The van der Waals surface area contributed by atoms with Crippen LogP contribution in [0.2, 0.25) is 0 Å². The summed E-state index contributed by atoms with van der Waals surface area (Å²) in [5.74, 6) is -1.19. The molecule has 0 bridgehead atoms. The fourth-order valence-electron chi connectivity index (χ4n) is 1.56. The SMILES string of the molecule is CCCN(C(C)=O)C(C(=O)O)c1cccs1. The molecule has 1 rings (SSSR count). The molecule has 4 nitrogen and oxygen atoms in total. The Hall–Kier alpha value is -1.36. The van der Waals surface area contributed by atoms with E-state index in [0.717, 1.165) is 6.42 Å². The Morgan fingerprint density at radius 3 is 2.62 bits per heavy atom. The summed E-state index contributed by atoms with van der Waals surface area (Å²) in [5, 5.41) is 11.0. The van der Waals surface area contributed by atoms with Crippen LogP contribution in [-0.4, -0.2) is 28.4 Å². The van der Waals surface area contributed by atoms with Crippen molar-refractivity contribution in [1.29, 1.82) is 0 Å². The molecule has 0 aliphatic carbocycles. The van der Waals surface area contributed by atoms with E-state index in [9.17, 15) is 14.7 Å². The lowest BCUT2D eigenvalue weighted by Gasteiger charge is -2.26. The van der Waals surface area contributed by atoms with Crippen molar-refractivity contribution in [2.75, 3.05) is 6.54 Å². The van der Waals surface area contributed by atoms with Crippen LogP contribution in [0.4, 0.5) is 0 Å². The summed E-state index contributed by atoms with van der Waals surface area (Å²) >= 11 is 1.36. The van der Waals surface area contributed by atoms with Gasteiger partial charge in [-0.15, -0.1) is 11.3 Å². The number of nitrogens with zero attached hydrogens (tertiary/aromatic N) is 1. The van der Waals surface area contributed by atoms with Gasteiger partial charge in [-0.2, -0.15) is 0 Å². The second-order valence-electron chi connectivity index (χ2n) is 3.47. The topological polar surface area (TPSA) is 57.6 Å². The summed E-state index contributed by atoms with van der Waals surface area (Å²) in [7, 11) is 0. The Bertz CT molecular complexity index is 361. The molecule has 1 heterocycles. The number of carbonyl (C=O) groups is 2. The quantitative estimate of drug-likeness (QED) is 0.859. The van der Waals surface area contributed by atoms with Gasteiger partial charge in [-0.25, -0.2) is 4.79 Å². The number of amides is 1. The molecule has 0 aromatic carbocycles. The molecule has 1 N–H and O–H groups in total. The van der Waals surface area contributed by atoms with Crippen LogP contribution in [0.25, 0.3) is 0 Å². The van der Waals surface area contributed by atoms with Crippen LogP contribution in [0.3, 0.4) is 0 Å². The van der Waals surface area contributed by atoms with Gasteiger partial charge in [0.15, 0.2) is 6.04 Å². The van der Waals surface area contributed by atoms with E-state index in [4.69, 9.17) is 0 Å². The monoisotopic (exact) mass is 241 g/mol. The fourth-order valence-corrected chi connectivity index (χ4v) is 2.39. The molecule has 1 atom stereocenters. The van der Waals surface area contributed by atoms with Gasteiger partial charge in [0.2, 0.25) is 5.91 Å². The van der Waals surface area contributed by atoms with Gasteiger partial charge in [-0.05, 0) is 17.9 Å². The molecule has 1 aromatic heterocycles. The Morgan fingerprint density at radius 2 is 2.25 bits per heavy atom. The number of hydrogen-bond donors (Lipinski definition) is 1. The van der Waals surface area contributed by atoms with Crippen molar-refractivity contribution in [2.45, 2.75) is 26.3 Å². The molecular weight excluding hydrogens is 226 g/mol. The molecule has 1 unspecified atom stereocenters. The highest BCUT2D eigenvalue weighted by molar-refractivity contribution is 7.10. The third-order valence-electron chi connectivity index (χ3n) is 2.23. The number of hydrogen-bond acceptors (Lipinski definition) is 3. The van der Waals surface area contributed by atoms with Crippen molar-refractivity contribution in [3.05, 3.63) is 22.4 Å². The molecule has 0 spiro atoms. The molecule has 5 heteroatoms. The Kier molecular flexibility index (Phi) is 4.49. The number of carbonyl (C=O) groups excluding carboxylic acids is 1. The molecule has 0 aliphatic rings. The van der Waals surface area contributed by atoms with Crippen LogP contribution in [0.15, 0.2) is 17.5 Å². The molecule has 0 fully saturated rings. The van der Waals surface area contributed by atoms with Crippen molar-refractivity contribution >= 4 is 23.2 Å². The molecule has 88 valence electrons. The molecule has 0 radical (unpaired) electrons. The zero-order valence-corrected chi connectivity index (χ0v) is 10.2. The van der Waals surface area contributed by atoms with E-state index in [1.807, 2.05) is 12.3 Å². The van der Waals surface area contributed by atoms with Gasteiger partial charge in [0, 0.05) is 18.3 Å². The number of carboxylic acids is 1. The molecular formula is C11H15NO3S. The maximum atomic E-state index is 11.4. The highest BCUT2D eigenvalue weighted by Gasteiger charge is 2.29. The molecule has 1 amide bonds. The zero-order valence-electron chi connectivity index (χ0n) is 9.34. The van der Waals surface area contributed by atoms with Gasteiger partial charge in [-0.3, -0.25) is 4.79 Å². The third kappa shape index (κ3) is 2.82. The zero-order chi connectivity index (χ0) is 12.1. The largest absolute Gasteiger partial charge is 0.479 e. The minimum Gasteiger partial charge on any atom is -0.479 e. The van der Waals surface area contributed by atoms with Gasteiger partial charge >= 0.3 is 5.97 Å². The van der Waals surface area contributed by atoms with Crippen LogP contribution in [0.1, 0.15) is 31.2 Å². The van der Waals surface area contributed by atoms with E-state index in [0.29, 0.717) is 11.4 Å². The minimum absolute atomic E-state index is 0.206. The van der Waals surface area contributed by atoms with Crippen LogP contribution in [-0.2, 0) is 9.59 Å². The van der Waals surface area contributed by atoms with E-state index >= 15 is 0 Å². The average molecular weight is 241 g/mol. The second-order valence-corrected chi connectivity index (χ2v) is 4.45. The summed E-state index contributed by atoms with van der Waals surface area (Å²) in [4.78, 5) is 24.8. The van der Waals surface area contributed by atoms with E-state index in [-0.39, 0.29) is 5.91 Å². The highest BCUT2D eigenvalue weighted by atomic mass is 32.1. The van der Waals surface area contributed by atoms with Gasteiger partial charge in [0.05, 0.1) is 0 Å². The predicted molar refractivity (Wildman–Crippen MR) is 62.4 cm³/mol. The number of aliphatic carboxylic acids is 1. The first kappa shape index (κ1) is 12.7. The lowest BCUT2D eigenvalue weighted by atomic mass is 10.2. The summed E-state index contributed by atoms with van der Waals surface area (Å²) < 4.78 is 0. The van der Waals surface area contributed by atoms with E-state index < -0.39 is 12.0 Å². The Balaban J connectivity index is 3.00.